The molecular formula is C40H25NO. The van der Waals surface area contributed by atoms with Gasteiger partial charge in [0.05, 0.1) is 0 Å². The molecular weight excluding hydrogens is 510 g/mol. The average molecular weight is 536 g/mol. The minimum Gasteiger partial charge on any atom is -0.456 e. The second-order valence-electron chi connectivity index (χ2n) is 11.0. The van der Waals surface area contributed by atoms with Crippen LogP contribution in [0, 0.1) is 0 Å². The first kappa shape index (κ1) is 23.1. The van der Waals surface area contributed by atoms with Gasteiger partial charge in [-0.05, 0) is 97.7 Å². The Morgan fingerprint density at radius 3 is 1.69 bits per heavy atom. The van der Waals surface area contributed by atoms with Gasteiger partial charge in [0, 0.05) is 27.8 Å². The molecule has 0 unspecified atom stereocenters. The fourth-order valence-corrected chi connectivity index (χ4v) is 6.56. The number of hydrogen-bond acceptors (Lipinski definition) is 2. The summed E-state index contributed by atoms with van der Waals surface area (Å²) in [4.78, 5) is 2.35. The van der Waals surface area contributed by atoms with E-state index in [4.69, 9.17) is 4.42 Å². The molecule has 0 bridgehead atoms. The van der Waals surface area contributed by atoms with E-state index in [9.17, 15) is 0 Å². The second-order valence-corrected chi connectivity index (χ2v) is 11.0. The highest BCUT2D eigenvalue weighted by molar-refractivity contribution is 6.18. The van der Waals surface area contributed by atoms with Crippen molar-refractivity contribution in [1.29, 1.82) is 0 Å². The lowest BCUT2D eigenvalue weighted by molar-refractivity contribution is 0.669. The molecule has 9 rings (SSSR count). The van der Waals surface area contributed by atoms with Crippen LogP contribution >= 0.6 is 0 Å². The van der Waals surface area contributed by atoms with E-state index in [-0.39, 0.29) is 0 Å². The molecule has 0 spiro atoms. The fourth-order valence-electron chi connectivity index (χ4n) is 6.56. The van der Waals surface area contributed by atoms with Crippen LogP contribution in [0.25, 0.3) is 65.0 Å². The van der Waals surface area contributed by atoms with Gasteiger partial charge < -0.3 is 9.32 Å². The van der Waals surface area contributed by atoms with Crippen molar-refractivity contribution in [2.75, 3.05) is 4.90 Å². The molecule has 0 aliphatic heterocycles. The van der Waals surface area contributed by atoms with Crippen LogP contribution in [-0.2, 0) is 0 Å². The normalized spacial score (nSPS) is 11.8. The fraction of sp³-hybridized carbons (Fsp3) is 0. The SMILES string of the molecule is c1ccc(N(c2ccc3ccc4c5ccccc5ccc4c3c2)c2ccc3oc4cc5ccccc5cc4c3c2)cc1. The van der Waals surface area contributed by atoms with Gasteiger partial charge in [-0.2, -0.15) is 0 Å². The van der Waals surface area contributed by atoms with Crippen molar-refractivity contribution >= 4 is 82.1 Å². The zero-order valence-electron chi connectivity index (χ0n) is 22.8. The van der Waals surface area contributed by atoms with Crippen molar-refractivity contribution in [2.24, 2.45) is 0 Å². The zero-order valence-corrected chi connectivity index (χ0v) is 22.8. The third-order valence-electron chi connectivity index (χ3n) is 8.58. The molecule has 0 saturated carbocycles. The number of benzene rings is 8. The number of anilines is 3. The van der Waals surface area contributed by atoms with Crippen molar-refractivity contribution in [3.05, 3.63) is 152 Å². The van der Waals surface area contributed by atoms with Crippen molar-refractivity contribution in [1.82, 2.24) is 0 Å². The first-order chi connectivity index (χ1) is 20.8. The minimum atomic E-state index is 0.897. The number of para-hydroxylation sites is 1. The van der Waals surface area contributed by atoms with Gasteiger partial charge in [0.2, 0.25) is 0 Å². The molecule has 9 aromatic rings. The Balaban J connectivity index is 1.28. The van der Waals surface area contributed by atoms with Gasteiger partial charge in [-0.1, -0.05) is 97.1 Å². The van der Waals surface area contributed by atoms with Gasteiger partial charge in [-0.15, -0.1) is 0 Å². The summed E-state index contributed by atoms with van der Waals surface area (Å²) in [5, 5.41) is 12.2. The lowest BCUT2D eigenvalue weighted by Gasteiger charge is -2.26. The molecule has 0 amide bonds. The molecule has 0 atom stereocenters. The molecule has 0 fully saturated rings. The third kappa shape index (κ3) is 3.52. The quantitative estimate of drug-likeness (QED) is 0.209. The highest BCUT2D eigenvalue weighted by Gasteiger charge is 2.17. The molecule has 42 heavy (non-hydrogen) atoms. The third-order valence-corrected chi connectivity index (χ3v) is 8.58. The summed E-state index contributed by atoms with van der Waals surface area (Å²) in [7, 11) is 0. The molecule has 2 heteroatoms. The first-order valence-electron chi connectivity index (χ1n) is 14.3. The maximum absolute atomic E-state index is 6.33. The number of nitrogens with zero attached hydrogens (tertiary/aromatic N) is 1. The summed E-state index contributed by atoms with van der Waals surface area (Å²) in [6.45, 7) is 0. The molecule has 0 N–H and O–H groups in total. The minimum absolute atomic E-state index is 0.897. The van der Waals surface area contributed by atoms with Crippen molar-refractivity contribution in [3.63, 3.8) is 0 Å². The summed E-state index contributed by atoms with van der Waals surface area (Å²) in [5.41, 5.74) is 5.13. The van der Waals surface area contributed by atoms with E-state index in [2.05, 4.69) is 157 Å². The summed E-state index contributed by atoms with van der Waals surface area (Å²) >= 11 is 0. The Morgan fingerprint density at radius 2 is 0.881 bits per heavy atom. The molecule has 1 heterocycles. The molecule has 0 aliphatic rings. The summed E-state index contributed by atoms with van der Waals surface area (Å²) in [6.07, 6.45) is 0. The maximum Gasteiger partial charge on any atom is 0.136 e. The Morgan fingerprint density at radius 1 is 0.310 bits per heavy atom. The largest absolute Gasteiger partial charge is 0.456 e. The lowest BCUT2D eigenvalue weighted by Crippen LogP contribution is -2.09. The zero-order chi connectivity index (χ0) is 27.6. The van der Waals surface area contributed by atoms with Crippen LogP contribution in [0.5, 0.6) is 0 Å². The van der Waals surface area contributed by atoms with Crippen molar-refractivity contribution < 1.29 is 4.42 Å². The van der Waals surface area contributed by atoms with E-state index >= 15 is 0 Å². The first-order valence-corrected chi connectivity index (χ1v) is 14.3. The number of hydrogen-bond donors (Lipinski definition) is 0. The van der Waals surface area contributed by atoms with Gasteiger partial charge in [0.15, 0.2) is 0 Å². The number of fused-ring (bicyclic) bond motifs is 9. The van der Waals surface area contributed by atoms with Crippen molar-refractivity contribution in [3.8, 4) is 0 Å². The lowest BCUT2D eigenvalue weighted by atomic mass is 9.96. The monoisotopic (exact) mass is 535 g/mol. The van der Waals surface area contributed by atoms with Gasteiger partial charge in [-0.3, -0.25) is 0 Å². The molecule has 0 radical (unpaired) electrons. The topological polar surface area (TPSA) is 16.4 Å². The summed E-state index contributed by atoms with van der Waals surface area (Å²) < 4.78 is 6.33. The average Bonchev–Trinajstić information content (AvgIpc) is 3.40. The van der Waals surface area contributed by atoms with E-state index in [1.807, 2.05) is 0 Å². The van der Waals surface area contributed by atoms with Crippen LogP contribution in [0.4, 0.5) is 17.1 Å². The highest BCUT2D eigenvalue weighted by Crippen LogP contribution is 2.41. The Labute approximate surface area is 242 Å². The van der Waals surface area contributed by atoms with Crippen LogP contribution in [-0.4, -0.2) is 0 Å². The number of rotatable bonds is 3. The van der Waals surface area contributed by atoms with E-state index in [1.165, 1.54) is 43.1 Å². The standard InChI is InChI=1S/C40H25NO/c1-2-11-30(12-3-1)41(32-18-21-39-38(25-32)37-22-28-9-4-5-10-29(28)23-40(37)42-39)31-17-14-27-16-19-34-33-13-7-6-8-26(33)15-20-35(34)36(27)24-31/h1-25H. The highest BCUT2D eigenvalue weighted by atomic mass is 16.3. The van der Waals surface area contributed by atoms with Gasteiger partial charge >= 0.3 is 0 Å². The maximum atomic E-state index is 6.33. The molecule has 196 valence electrons. The molecule has 0 saturated heterocycles. The van der Waals surface area contributed by atoms with E-state index in [0.29, 0.717) is 0 Å². The molecule has 2 nitrogen and oxygen atoms in total. The molecule has 0 aliphatic carbocycles. The Kier molecular flexibility index (Phi) is 4.93. The van der Waals surface area contributed by atoms with E-state index in [0.717, 1.165) is 39.0 Å². The van der Waals surface area contributed by atoms with Crippen LogP contribution < -0.4 is 4.90 Å². The van der Waals surface area contributed by atoms with Crippen LogP contribution in [0.15, 0.2) is 156 Å². The Hall–Kier alpha value is -5.60. The summed E-state index contributed by atoms with van der Waals surface area (Å²) in [6, 6.07) is 54.5. The van der Waals surface area contributed by atoms with Crippen LogP contribution in [0.2, 0.25) is 0 Å². The number of furan rings is 1. The molecule has 1 aromatic heterocycles. The van der Waals surface area contributed by atoms with Crippen LogP contribution in [0.3, 0.4) is 0 Å². The predicted molar refractivity (Wildman–Crippen MR) is 178 cm³/mol. The van der Waals surface area contributed by atoms with Crippen LogP contribution in [0.1, 0.15) is 0 Å². The summed E-state index contributed by atoms with van der Waals surface area (Å²) in [5.74, 6) is 0. The van der Waals surface area contributed by atoms with E-state index in [1.54, 1.807) is 0 Å². The molecule has 8 aromatic carbocycles. The smallest absolute Gasteiger partial charge is 0.136 e. The second kappa shape index (κ2) is 8.95. The van der Waals surface area contributed by atoms with Gasteiger partial charge in [0.1, 0.15) is 11.2 Å². The van der Waals surface area contributed by atoms with Crippen molar-refractivity contribution in [2.45, 2.75) is 0 Å². The Bertz CT molecular complexity index is 2470. The van der Waals surface area contributed by atoms with E-state index < -0.39 is 0 Å². The predicted octanol–water partition coefficient (Wildman–Crippen LogP) is 11.7. The van der Waals surface area contributed by atoms with Gasteiger partial charge in [0.25, 0.3) is 0 Å². The van der Waals surface area contributed by atoms with Gasteiger partial charge in [-0.25, -0.2) is 0 Å².